The topological polar surface area (TPSA) is 67.5 Å². The van der Waals surface area contributed by atoms with Gasteiger partial charge >= 0.3 is 0 Å². The van der Waals surface area contributed by atoms with Crippen molar-refractivity contribution in [1.82, 2.24) is 5.32 Å². The zero-order valence-electron chi connectivity index (χ0n) is 4.53. The Morgan fingerprint density at radius 2 is 2.67 bits per heavy atom. The third kappa shape index (κ3) is 1.88. The fraction of sp³-hybridized carbons (Fsp3) is 0.667. The van der Waals surface area contributed by atoms with Crippen molar-refractivity contribution in [3.05, 3.63) is 10.1 Å². The van der Waals surface area contributed by atoms with Crippen LogP contribution in [-0.2, 0) is 0 Å². The third-order valence-corrected chi connectivity index (χ3v) is 1.70. The molecule has 0 aromatic rings. The average Bonchev–Trinajstić information content (AvgIpc) is 2.15. The van der Waals surface area contributed by atoms with Gasteiger partial charge in [0.25, 0.3) is 0 Å². The lowest BCUT2D eigenvalue weighted by Gasteiger charge is -1.85. The second kappa shape index (κ2) is 2.67. The van der Waals surface area contributed by atoms with Gasteiger partial charge < -0.3 is 5.32 Å². The van der Waals surface area contributed by atoms with Crippen molar-refractivity contribution in [3.63, 3.8) is 0 Å². The first-order valence-electron chi connectivity index (χ1n) is 2.39. The Labute approximate surface area is 55.7 Å². The maximum atomic E-state index is 9.72. The Balaban J connectivity index is 2.49. The molecule has 0 spiro atoms. The van der Waals surface area contributed by atoms with Crippen LogP contribution in [0.5, 0.6) is 0 Å². The summed E-state index contributed by atoms with van der Waals surface area (Å²) in [5.74, 6) is 0.868. The smallest absolute Gasteiger partial charge is 0.235 e. The minimum absolute atomic E-state index is 0.417. The lowest BCUT2D eigenvalue weighted by Crippen LogP contribution is -2.14. The Bertz CT molecular complexity index is 149. The van der Waals surface area contributed by atoms with Crippen LogP contribution >= 0.6 is 11.8 Å². The summed E-state index contributed by atoms with van der Waals surface area (Å²) in [7, 11) is 0. The van der Waals surface area contributed by atoms with Crippen molar-refractivity contribution in [1.29, 1.82) is 0 Å². The Morgan fingerprint density at radius 3 is 3.11 bits per heavy atom. The predicted molar refractivity (Wildman–Crippen MR) is 34.9 cm³/mol. The third-order valence-electron chi connectivity index (χ3n) is 0.790. The molecule has 1 aliphatic rings. The van der Waals surface area contributed by atoms with E-state index < -0.39 is 5.03 Å². The maximum absolute atomic E-state index is 9.72. The van der Waals surface area contributed by atoms with Gasteiger partial charge in [-0.3, -0.25) is 0 Å². The molecular weight excluding hydrogens is 142 g/mol. The standard InChI is InChI=1S/C3H5N3O2S/c7-6(8)5-3-4-1-2-9-3/h1-2H2,(H,4,5). The fourth-order valence-corrected chi connectivity index (χ4v) is 1.22. The zero-order chi connectivity index (χ0) is 6.69. The van der Waals surface area contributed by atoms with Crippen molar-refractivity contribution in [3.8, 4) is 0 Å². The minimum Gasteiger partial charge on any atom is -0.359 e. The highest BCUT2D eigenvalue weighted by Crippen LogP contribution is 2.06. The number of hydrazone groups is 1. The minimum atomic E-state index is -0.694. The Morgan fingerprint density at radius 1 is 1.89 bits per heavy atom. The largest absolute Gasteiger partial charge is 0.359 e. The molecule has 0 bridgehead atoms. The number of hydrogen-bond donors (Lipinski definition) is 1. The summed E-state index contributed by atoms with van der Waals surface area (Å²) in [5, 5.41) is 15.3. The summed E-state index contributed by atoms with van der Waals surface area (Å²) in [6.45, 7) is 0.775. The molecule has 1 N–H and O–H groups in total. The molecule has 0 amide bonds. The second-order valence-corrected chi connectivity index (χ2v) is 2.50. The number of rotatable bonds is 1. The van der Waals surface area contributed by atoms with E-state index in [4.69, 9.17) is 0 Å². The quantitative estimate of drug-likeness (QED) is 0.414. The van der Waals surface area contributed by atoms with E-state index in [0.29, 0.717) is 5.17 Å². The van der Waals surface area contributed by atoms with Crippen molar-refractivity contribution in [2.45, 2.75) is 0 Å². The summed E-state index contributed by atoms with van der Waals surface area (Å²) < 4.78 is 0. The van der Waals surface area contributed by atoms with Crippen LogP contribution in [0.25, 0.3) is 0 Å². The first-order valence-corrected chi connectivity index (χ1v) is 3.37. The van der Waals surface area contributed by atoms with E-state index in [2.05, 4.69) is 10.4 Å². The fourth-order valence-electron chi connectivity index (χ4n) is 0.495. The molecule has 0 atom stereocenters. The number of hydrogen-bond acceptors (Lipinski definition) is 3. The van der Waals surface area contributed by atoms with Gasteiger partial charge in [0.2, 0.25) is 5.17 Å². The number of nitro groups is 1. The van der Waals surface area contributed by atoms with Gasteiger partial charge in [-0.15, -0.1) is 0 Å². The van der Waals surface area contributed by atoms with Gasteiger partial charge in [-0.2, -0.15) is 0 Å². The molecule has 1 fully saturated rings. The molecule has 9 heavy (non-hydrogen) atoms. The highest BCUT2D eigenvalue weighted by molar-refractivity contribution is 8.14. The molecular formula is C3H5N3O2S. The summed E-state index contributed by atoms with van der Waals surface area (Å²) in [5.41, 5.74) is 0. The molecule has 1 saturated heterocycles. The molecule has 1 rings (SSSR count). The van der Waals surface area contributed by atoms with Gasteiger partial charge in [-0.1, -0.05) is 11.8 Å². The van der Waals surface area contributed by atoms with Crippen molar-refractivity contribution >= 4 is 16.9 Å². The molecule has 0 saturated carbocycles. The van der Waals surface area contributed by atoms with Crippen LogP contribution in [0.2, 0.25) is 0 Å². The van der Waals surface area contributed by atoms with Gasteiger partial charge in [0, 0.05) is 12.3 Å². The van der Waals surface area contributed by atoms with Gasteiger partial charge in [0.05, 0.1) is 5.10 Å². The van der Waals surface area contributed by atoms with E-state index in [0.717, 1.165) is 12.3 Å². The number of thioether (sulfide) groups is 1. The summed E-state index contributed by atoms with van der Waals surface area (Å²) >= 11 is 1.37. The molecule has 0 aromatic carbocycles. The first-order chi connectivity index (χ1) is 4.29. The summed E-state index contributed by atoms with van der Waals surface area (Å²) in [6.07, 6.45) is 0. The SMILES string of the molecule is O=[N+]([O-])N=C1NCCS1. The molecule has 0 aliphatic carbocycles. The van der Waals surface area contributed by atoms with Crippen LogP contribution in [0.4, 0.5) is 0 Å². The van der Waals surface area contributed by atoms with Crippen LogP contribution in [0, 0.1) is 10.1 Å². The van der Waals surface area contributed by atoms with E-state index in [1.807, 2.05) is 0 Å². The van der Waals surface area contributed by atoms with Gasteiger partial charge in [0.15, 0.2) is 5.03 Å². The zero-order valence-corrected chi connectivity index (χ0v) is 5.35. The van der Waals surface area contributed by atoms with Crippen molar-refractivity contribution in [2.24, 2.45) is 5.10 Å². The summed E-state index contributed by atoms with van der Waals surface area (Å²) in [4.78, 5) is 9.72. The van der Waals surface area contributed by atoms with Crippen LogP contribution in [-0.4, -0.2) is 22.5 Å². The van der Waals surface area contributed by atoms with Gasteiger partial charge in [-0.25, -0.2) is 10.1 Å². The van der Waals surface area contributed by atoms with E-state index in [1.54, 1.807) is 0 Å². The Kier molecular flexibility index (Phi) is 1.88. The molecule has 5 nitrogen and oxygen atoms in total. The van der Waals surface area contributed by atoms with Gasteiger partial charge in [0.1, 0.15) is 0 Å². The monoisotopic (exact) mass is 147 g/mol. The molecule has 1 aliphatic heterocycles. The van der Waals surface area contributed by atoms with Crippen LogP contribution in [0.15, 0.2) is 5.10 Å². The Hall–Kier alpha value is -0.780. The van der Waals surface area contributed by atoms with Crippen LogP contribution in [0.1, 0.15) is 0 Å². The predicted octanol–water partition coefficient (Wildman–Crippen LogP) is -0.130. The normalized spacial score (nSPS) is 22.0. The van der Waals surface area contributed by atoms with Crippen LogP contribution < -0.4 is 5.32 Å². The number of nitrogens with zero attached hydrogens (tertiary/aromatic N) is 2. The molecule has 0 radical (unpaired) electrons. The van der Waals surface area contributed by atoms with E-state index >= 15 is 0 Å². The van der Waals surface area contributed by atoms with Crippen molar-refractivity contribution < 1.29 is 5.03 Å². The van der Waals surface area contributed by atoms with E-state index in [1.165, 1.54) is 11.8 Å². The highest BCUT2D eigenvalue weighted by Gasteiger charge is 2.10. The van der Waals surface area contributed by atoms with Crippen molar-refractivity contribution in [2.75, 3.05) is 12.3 Å². The first kappa shape index (κ1) is 6.34. The molecule has 0 unspecified atom stereocenters. The molecule has 6 heteroatoms. The maximum Gasteiger partial charge on any atom is 0.235 e. The van der Waals surface area contributed by atoms with Gasteiger partial charge in [-0.05, 0) is 0 Å². The average molecular weight is 147 g/mol. The molecule has 50 valence electrons. The molecule has 0 aromatic heterocycles. The number of nitrogens with one attached hydrogen (secondary N) is 1. The highest BCUT2D eigenvalue weighted by atomic mass is 32.2. The second-order valence-electron chi connectivity index (χ2n) is 1.42. The van der Waals surface area contributed by atoms with Crippen LogP contribution in [0.3, 0.4) is 0 Å². The number of amidine groups is 1. The molecule has 1 heterocycles. The van der Waals surface area contributed by atoms with E-state index in [9.17, 15) is 10.1 Å². The van der Waals surface area contributed by atoms with E-state index in [-0.39, 0.29) is 0 Å². The summed E-state index contributed by atoms with van der Waals surface area (Å²) in [6, 6.07) is 0. The lowest BCUT2D eigenvalue weighted by atomic mass is 10.8. The lowest BCUT2D eigenvalue weighted by molar-refractivity contribution is -0.484.